The number of nitrogens with zero attached hydrogens (tertiary/aromatic N) is 1. The molecule has 4 heteroatoms. The van der Waals surface area contributed by atoms with E-state index in [4.69, 9.17) is 4.74 Å². The summed E-state index contributed by atoms with van der Waals surface area (Å²) in [5.41, 5.74) is 5.37. The van der Waals surface area contributed by atoms with Crippen molar-refractivity contribution in [2.75, 3.05) is 5.32 Å². The van der Waals surface area contributed by atoms with E-state index in [2.05, 4.69) is 16.4 Å². The Hall–Kier alpha value is -3.14. The molecule has 1 heterocycles. The summed E-state index contributed by atoms with van der Waals surface area (Å²) < 4.78 is 5.79. The molecule has 0 aliphatic carbocycles. The number of pyridine rings is 1. The van der Waals surface area contributed by atoms with Crippen LogP contribution in [0.3, 0.4) is 0 Å². The lowest BCUT2D eigenvalue weighted by Crippen LogP contribution is -2.30. The van der Waals surface area contributed by atoms with Crippen LogP contribution in [-0.2, 0) is 11.2 Å². The van der Waals surface area contributed by atoms with Crippen LogP contribution >= 0.6 is 0 Å². The van der Waals surface area contributed by atoms with Gasteiger partial charge in [-0.05, 0) is 85.8 Å². The van der Waals surface area contributed by atoms with Gasteiger partial charge in [0.05, 0.1) is 0 Å². The number of hydrogen-bond acceptors (Lipinski definition) is 3. The fourth-order valence-corrected chi connectivity index (χ4v) is 2.94. The maximum atomic E-state index is 12.4. The first-order valence-corrected chi connectivity index (χ1v) is 9.03. The van der Waals surface area contributed by atoms with E-state index in [1.165, 1.54) is 11.1 Å². The zero-order valence-electron chi connectivity index (χ0n) is 15.9. The number of carbonyl (C=O) groups excluding carboxylic acids is 1. The first-order valence-electron chi connectivity index (χ1n) is 9.03. The van der Waals surface area contributed by atoms with Gasteiger partial charge in [0.2, 0.25) is 0 Å². The third-order valence-corrected chi connectivity index (χ3v) is 4.26. The average molecular weight is 360 g/mol. The van der Waals surface area contributed by atoms with Crippen LogP contribution in [0.25, 0.3) is 0 Å². The van der Waals surface area contributed by atoms with E-state index in [-0.39, 0.29) is 5.91 Å². The fourth-order valence-electron chi connectivity index (χ4n) is 2.94. The second-order valence-electron chi connectivity index (χ2n) is 6.80. The van der Waals surface area contributed by atoms with Crippen LogP contribution in [0, 0.1) is 13.8 Å². The molecule has 1 aromatic heterocycles. The Kier molecular flexibility index (Phi) is 5.87. The molecular formula is C23H24N2O2. The van der Waals surface area contributed by atoms with Gasteiger partial charge in [0.15, 0.2) is 6.10 Å². The molecule has 1 N–H and O–H groups in total. The van der Waals surface area contributed by atoms with Gasteiger partial charge in [-0.2, -0.15) is 0 Å². The van der Waals surface area contributed by atoms with Gasteiger partial charge < -0.3 is 10.1 Å². The summed E-state index contributed by atoms with van der Waals surface area (Å²) in [6, 6.07) is 17.8. The number of nitrogens with one attached hydrogen (secondary N) is 1. The molecule has 0 spiro atoms. The highest BCUT2D eigenvalue weighted by Crippen LogP contribution is 2.19. The summed E-state index contributed by atoms with van der Waals surface area (Å²) in [6.07, 6.45) is 3.84. The Morgan fingerprint density at radius 2 is 1.56 bits per heavy atom. The number of anilines is 1. The summed E-state index contributed by atoms with van der Waals surface area (Å²) in [5.74, 6) is 0.541. The van der Waals surface area contributed by atoms with E-state index in [0.717, 1.165) is 23.2 Å². The number of aromatic nitrogens is 1. The maximum absolute atomic E-state index is 12.4. The highest BCUT2D eigenvalue weighted by atomic mass is 16.5. The smallest absolute Gasteiger partial charge is 0.265 e. The molecule has 0 aliphatic heterocycles. The number of ether oxygens (including phenoxy) is 1. The van der Waals surface area contributed by atoms with Crippen LogP contribution in [0.2, 0.25) is 0 Å². The highest BCUT2D eigenvalue weighted by Gasteiger charge is 2.15. The van der Waals surface area contributed by atoms with Crippen LogP contribution < -0.4 is 10.1 Å². The van der Waals surface area contributed by atoms with Crippen LogP contribution in [0.15, 0.2) is 67.0 Å². The Morgan fingerprint density at radius 1 is 0.963 bits per heavy atom. The molecule has 0 saturated carbocycles. The molecule has 0 unspecified atom stereocenters. The largest absolute Gasteiger partial charge is 0.481 e. The number of rotatable bonds is 6. The number of aryl methyl sites for hydroxylation is 2. The van der Waals surface area contributed by atoms with Crippen molar-refractivity contribution in [3.05, 3.63) is 89.2 Å². The van der Waals surface area contributed by atoms with E-state index in [1.807, 2.05) is 62.4 Å². The van der Waals surface area contributed by atoms with Crippen molar-refractivity contribution < 1.29 is 9.53 Å². The highest BCUT2D eigenvalue weighted by molar-refractivity contribution is 5.94. The molecule has 0 fully saturated rings. The molecule has 0 bridgehead atoms. The molecule has 1 amide bonds. The predicted molar refractivity (Wildman–Crippen MR) is 108 cm³/mol. The minimum Gasteiger partial charge on any atom is -0.481 e. The quantitative estimate of drug-likeness (QED) is 0.693. The molecule has 3 rings (SSSR count). The Balaban J connectivity index is 1.58. The normalized spacial score (nSPS) is 11.7. The second kappa shape index (κ2) is 8.49. The summed E-state index contributed by atoms with van der Waals surface area (Å²) in [5, 5.41) is 2.91. The lowest BCUT2D eigenvalue weighted by Gasteiger charge is -2.16. The van der Waals surface area contributed by atoms with Crippen molar-refractivity contribution in [2.45, 2.75) is 33.3 Å². The SMILES string of the molecule is Cc1cc(C)cc(O[C@H](C)C(=O)Nc2ccc(Cc3ccncc3)cc2)c1. The molecule has 138 valence electrons. The number of amides is 1. The first-order chi connectivity index (χ1) is 13.0. The molecule has 3 aromatic rings. The zero-order valence-corrected chi connectivity index (χ0v) is 15.9. The fraction of sp³-hybridized carbons (Fsp3) is 0.217. The monoisotopic (exact) mass is 360 g/mol. The average Bonchev–Trinajstić information content (AvgIpc) is 2.63. The summed E-state index contributed by atoms with van der Waals surface area (Å²) in [4.78, 5) is 16.4. The van der Waals surface area contributed by atoms with Crippen LogP contribution in [0.1, 0.15) is 29.2 Å². The Bertz CT molecular complexity index is 885. The molecule has 27 heavy (non-hydrogen) atoms. The molecule has 0 radical (unpaired) electrons. The molecule has 1 atom stereocenters. The van der Waals surface area contributed by atoms with Crippen molar-refractivity contribution in [3.8, 4) is 5.75 Å². The molecule has 4 nitrogen and oxygen atoms in total. The van der Waals surface area contributed by atoms with Gasteiger partial charge in [-0.15, -0.1) is 0 Å². The van der Waals surface area contributed by atoms with E-state index in [1.54, 1.807) is 19.3 Å². The van der Waals surface area contributed by atoms with Gasteiger partial charge in [-0.1, -0.05) is 18.2 Å². The van der Waals surface area contributed by atoms with Crippen LogP contribution in [-0.4, -0.2) is 17.0 Å². The number of benzene rings is 2. The minimum atomic E-state index is -0.581. The van der Waals surface area contributed by atoms with E-state index in [9.17, 15) is 4.79 Å². The van der Waals surface area contributed by atoms with Crippen LogP contribution in [0.4, 0.5) is 5.69 Å². The lowest BCUT2D eigenvalue weighted by atomic mass is 10.1. The lowest BCUT2D eigenvalue weighted by molar-refractivity contribution is -0.122. The molecular weight excluding hydrogens is 336 g/mol. The van der Waals surface area contributed by atoms with Gasteiger partial charge in [0.1, 0.15) is 5.75 Å². The first kappa shape index (κ1) is 18.6. The Labute approximate surface area is 160 Å². The minimum absolute atomic E-state index is 0.170. The van der Waals surface area contributed by atoms with Crippen molar-refractivity contribution in [2.24, 2.45) is 0 Å². The van der Waals surface area contributed by atoms with E-state index >= 15 is 0 Å². The number of carbonyl (C=O) groups is 1. The van der Waals surface area contributed by atoms with Crippen molar-refractivity contribution in [1.29, 1.82) is 0 Å². The number of hydrogen-bond donors (Lipinski definition) is 1. The topological polar surface area (TPSA) is 51.2 Å². The van der Waals surface area contributed by atoms with E-state index < -0.39 is 6.10 Å². The van der Waals surface area contributed by atoms with Crippen molar-refractivity contribution >= 4 is 11.6 Å². The maximum Gasteiger partial charge on any atom is 0.265 e. The van der Waals surface area contributed by atoms with Gasteiger partial charge >= 0.3 is 0 Å². The predicted octanol–water partition coefficient (Wildman–Crippen LogP) is 4.70. The van der Waals surface area contributed by atoms with Crippen molar-refractivity contribution in [1.82, 2.24) is 4.98 Å². The van der Waals surface area contributed by atoms with E-state index in [0.29, 0.717) is 5.75 Å². The molecule has 0 saturated heterocycles. The third kappa shape index (κ3) is 5.42. The summed E-state index contributed by atoms with van der Waals surface area (Å²) in [7, 11) is 0. The Morgan fingerprint density at radius 3 is 2.19 bits per heavy atom. The summed E-state index contributed by atoms with van der Waals surface area (Å²) >= 11 is 0. The molecule has 2 aromatic carbocycles. The molecule has 0 aliphatic rings. The third-order valence-electron chi connectivity index (χ3n) is 4.26. The standard InChI is InChI=1S/C23H24N2O2/c1-16-12-17(2)14-22(13-16)27-18(3)23(26)25-21-6-4-19(5-7-21)15-20-8-10-24-11-9-20/h4-14,18H,15H2,1-3H3,(H,25,26)/t18-/m1/s1. The van der Waals surface area contributed by atoms with Crippen LogP contribution in [0.5, 0.6) is 5.75 Å². The van der Waals surface area contributed by atoms with Gasteiger partial charge in [-0.25, -0.2) is 0 Å². The summed E-state index contributed by atoms with van der Waals surface area (Å²) in [6.45, 7) is 5.78. The van der Waals surface area contributed by atoms with Gasteiger partial charge in [-0.3, -0.25) is 9.78 Å². The van der Waals surface area contributed by atoms with Crippen molar-refractivity contribution in [3.63, 3.8) is 0 Å². The second-order valence-corrected chi connectivity index (χ2v) is 6.80. The van der Waals surface area contributed by atoms with Gasteiger partial charge in [0, 0.05) is 18.1 Å². The van der Waals surface area contributed by atoms with Gasteiger partial charge in [0.25, 0.3) is 5.91 Å². The zero-order chi connectivity index (χ0) is 19.2.